The number of fused-ring (bicyclic) bond motifs is 3. The minimum atomic E-state index is -1.14. The third kappa shape index (κ3) is 4.59. The number of nitrogens with one attached hydrogen (secondary N) is 2. The van der Waals surface area contributed by atoms with E-state index in [2.05, 4.69) is 39.9 Å². The van der Waals surface area contributed by atoms with Crippen LogP contribution >= 0.6 is 0 Å². The van der Waals surface area contributed by atoms with Gasteiger partial charge in [0.2, 0.25) is 5.91 Å². The standard InChI is InChI=1S/C27H25N3O5/c31-24(29-17-10-11-23(25(32)33)28-15-17)14-27(12-5-13-27)30-26(34)35-16-22-20-8-3-1-6-18(20)19-7-2-4-9-21(19)22/h1-4,6-11,15,22H,5,12-14,16H2,(H,29,31)(H,30,34)(H,32,33). The number of pyridine rings is 1. The molecule has 2 aromatic carbocycles. The lowest BCUT2D eigenvalue weighted by Gasteiger charge is -2.41. The summed E-state index contributed by atoms with van der Waals surface area (Å²) in [5.74, 6) is -1.45. The summed E-state index contributed by atoms with van der Waals surface area (Å²) in [6.07, 6.45) is 3.13. The molecular weight excluding hydrogens is 446 g/mol. The Morgan fingerprint density at radius 2 is 1.63 bits per heavy atom. The van der Waals surface area contributed by atoms with Crippen LogP contribution in [-0.4, -0.2) is 40.2 Å². The second-order valence-electron chi connectivity index (χ2n) is 9.05. The van der Waals surface area contributed by atoms with E-state index in [0.717, 1.165) is 28.7 Å². The molecule has 0 radical (unpaired) electrons. The van der Waals surface area contributed by atoms with Gasteiger partial charge in [0.25, 0.3) is 0 Å². The first-order valence-corrected chi connectivity index (χ1v) is 11.6. The fourth-order valence-electron chi connectivity index (χ4n) is 4.91. The molecule has 2 aliphatic rings. The number of carbonyl (C=O) groups excluding carboxylic acids is 2. The van der Waals surface area contributed by atoms with Crippen molar-refractivity contribution in [3.8, 4) is 11.1 Å². The number of hydrogen-bond donors (Lipinski definition) is 3. The maximum atomic E-state index is 12.7. The largest absolute Gasteiger partial charge is 0.477 e. The molecule has 0 atom stereocenters. The molecule has 0 saturated heterocycles. The molecule has 35 heavy (non-hydrogen) atoms. The van der Waals surface area contributed by atoms with Gasteiger partial charge in [-0.25, -0.2) is 14.6 Å². The second kappa shape index (κ2) is 9.21. The third-order valence-electron chi connectivity index (χ3n) is 6.79. The summed E-state index contributed by atoms with van der Waals surface area (Å²) in [7, 11) is 0. The first-order chi connectivity index (χ1) is 16.9. The van der Waals surface area contributed by atoms with E-state index in [1.807, 2.05) is 24.3 Å². The van der Waals surface area contributed by atoms with Gasteiger partial charge in [0, 0.05) is 5.92 Å². The fraction of sp³-hybridized carbons (Fsp3) is 0.259. The van der Waals surface area contributed by atoms with Gasteiger partial charge in [-0.3, -0.25) is 4.79 Å². The van der Waals surface area contributed by atoms with Crippen LogP contribution in [-0.2, 0) is 9.53 Å². The molecular formula is C27H25N3O5. The number of anilines is 1. The summed E-state index contributed by atoms with van der Waals surface area (Å²) in [6, 6.07) is 19.1. The predicted molar refractivity (Wildman–Crippen MR) is 129 cm³/mol. The highest BCUT2D eigenvalue weighted by molar-refractivity contribution is 5.92. The Kier molecular flexibility index (Phi) is 5.94. The fourth-order valence-corrected chi connectivity index (χ4v) is 4.91. The molecule has 0 bridgehead atoms. The molecule has 2 amide bonds. The maximum absolute atomic E-state index is 12.7. The molecule has 3 aromatic rings. The highest BCUT2D eigenvalue weighted by atomic mass is 16.5. The van der Waals surface area contributed by atoms with E-state index in [1.54, 1.807) is 0 Å². The number of carbonyl (C=O) groups is 3. The molecule has 1 saturated carbocycles. The molecule has 3 N–H and O–H groups in total. The number of rotatable bonds is 7. The smallest absolute Gasteiger partial charge is 0.407 e. The molecule has 5 rings (SSSR count). The minimum Gasteiger partial charge on any atom is -0.477 e. The normalized spacial score (nSPS) is 15.3. The maximum Gasteiger partial charge on any atom is 0.407 e. The van der Waals surface area contributed by atoms with Gasteiger partial charge in [-0.05, 0) is 53.6 Å². The van der Waals surface area contributed by atoms with Crippen molar-refractivity contribution in [2.75, 3.05) is 11.9 Å². The first-order valence-electron chi connectivity index (χ1n) is 11.6. The van der Waals surface area contributed by atoms with E-state index in [1.165, 1.54) is 18.3 Å². The van der Waals surface area contributed by atoms with Crippen LogP contribution in [0.4, 0.5) is 10.5 Å². The minimum absolute atomic E-state index is 0.0323. The number of carboxylic acid groups (broad SMARTS) is 1. The summed E-state index contributed by atoms with van der Waals surface area (Å²) in [5.41, 5.74) is 4.25. The van der Waals surface area contributed by atoms with Gasteiger partial charge in [-0.1, -0.05) is 48.5 Å². The summed E-state index contributed by atoms with van der Waals surface area (Å²) < 4.78 is 5.66. The summed E-state index contributed by atoms with van der Waals surface area (Å²) >= 11 is 0. The van der Waals surface area contributed by atoms with Crippen molar-refractivity contribution in [1.29, 1.82) is 0 Å². The van der Waals surface area contributed by atoms with Gasteiger partial charge < -0.3 is 20.5 Å². The topological polar surface area (TPSA) is 118 Å². The molecule has 1 fully saturated rings. The number of carboxylic acids is 1. The van der Waals surface area contributed by atoms with Crippen LogP contribution in [0.3, 0.4) is 0 Å². The third-order valence-corrected chi connectivity index (χ3v) is 6.79. The van der Waals surface area contributed by atoms with Gasteiger partial charge >= 0.3 is 12.1 Å². The SMILES string of the molecule is O=C(CC1(NC(=O)OCC2c3ccccc3-c3ccccc32)CCC1)Nc1ccc(C(=O)O)nc1. The monoisotopic (exact) mass is 471 g/mol. The van der Waals surface area contributed by atoms with Crippen LogP contribution in [0, 0.1) is 0 Å². The van der Waals surface area contributed by atoms with Crippen molar-refractivity contribution >= 4 is 23.7 Å². The molecule has 2 aliphatic carbocycles. The van der Waals surface area contributed by atoms with Crippen molar-refractivity contribution in [2.45, 2.75) is 37.1 Å². The van der Waals surface area contributed by atoms with E-state index in [0.29, 0.717) is 18.5 Å². The van der Waals surface area contributed by atoms with Crippen LogP contribution in [0.2, 0.25) is 0 Å². The van der Waals surface area contributed by atoms with Crippen molar-refractivity contribution < 1.29 is 24.2 Å². The van der Waals surface area contributed by atoms with Gasteiger partial charge in [-0.15, -0.1) is 0 Å². The Bertz CT molecular complexity index is 1240. The molecule has 0 aliphatic heterocycles. The number of benzene rings is 2. The molecule has 178 valence electrons. The number of aromatic nitrogens is 1. The van der Waals surface area contributed by atoms with Crippen LogP contribution in [0.5, 0.6) is 0 Å². The number of alkyl carbamates (subject to hydrolysis) is 1. The molecule has 0 spiro atoms. The van der Waals surface area contributed by atoms with Crippen molar-refractivity contribution in [2.24, 2.45) is 0 Å². The number of hydrogen-bond acceptors (Lipinski definition) is 5. The van der Waals surface area contributed by atoms with Gasteiger partial charge in [0.1, 0.15) is 12.3 Å². The van der Waals surface area contributed by atoms with Crippen LogP contribution in [0.25, 0.3) is 11.1 Å². The summed E-state index contributed by atoms with van der Waals surface area (Å²) in [5, 5.41) is 14.6. The van der Waals surface area contributed by atoms with Gasteiger partial charge in [0.15, 0.2) is 0 Å². The number of nitrogens with zero attached hydrogens (tertiary/aromatic N) is 1. The molecule has 0 unspecified atom stereocenters. The Morgan fingerprint density at radius 3 is 2.17 bits per heavy atom. The zero-order chi connectivity index (χ0) is 24.4. The highest BCUT2D eigenvalue weighted by Crippen LogP contribution is 2.44. The Morgan fingerprint density at radius 1 is 0.971 bits per heavy atom. The second-order valence-corrected chi connectivity index (χ2v) is 9.05. The lowest BCUT2D eigenvalue weighted by atomic mass is 9.74. The quantitative estimate of drug-likeness (QED) is 0.465. The van der Waals surface area contributed by atoms with Crippen molar-refractivity contribution in [1.82, 2.24) is 10.3 Å². The Labute approximate surface area is 202 Å². The molecule has 8 heteroatoms. The molecule has 1 aromatic heterocycles. The Balaban J connectivity index is 1.19. The van der Waals surface area contributed by atoms with Gasteiger partial charge in [-0.2, -0.15) is 0 Å². The van der Waals surface area contributed by atoms with E-state index in [4.69, 9.17) is 9.84 Å². The van der Waals surface area contributed by atoms with E-state index < -0.39 is 17.6 Å². The average molecular weight is 472 g/mol. The lowest BCUT2D eigenvalue weighted by molar-refractivity contribution is -0.118. The molecule has 8 nitrogen and oxygen atoms in total. The van der Waals surface area contributed by atoms with Crippen molar-refractivity contribution in [3.63, 3.8) is 0 Å². The zero-order valence-corrected chi connectivity index (χ0v) is 19.0. The average Bonchev–Trinajstić information content (AvgIpc) is 3.15. The van der Waals surface area contributed by atoms with Crippen molar-refractivity contribution in [3.05, 3.63) is 83.7 Å². The summed E-state index contributed by atoms with van der Waals surface area (Å²) in [6.45, 7) is 0.212. The van der Waals surface area contributed by atoms with E-state index in [-0.39, 0.29) is 30.5 Å². The Hall–Kier alpha value is -4.20. The van der Waals surface area contributed by atoms with Crippen LogP contribution in [0.15, 0.2) is 66.9 Å². The van der Waals surface area contributed by atoms with E-state index in [9.17, 15) is 14.4 Å². The van der Waals surface area contributed by atoms with Crippen LogP contribution in [0.1, 0.15) is 53.2 Å². The number of ether oxygens (including phenoxy) is 1. The van der Waals surface area contributed by atoms with Crippen LogP contribution < -0.4 is 10.6 Å². The summed E-state index contributed by atoms with van der Waals surface area (Å²) in [4.78, 5) is 40.1. The van der Waals surface area contributed by atoms with Gasteiger partial charge in [0.05, 0.1) is 23.8 Å². The first kappa shape index (κ1) is 22.6. The predicted octanol–water partition coefficient (Wildman–Crippen LogP) is 4.57. The number of aromatic carboxylic acids is 1. The zero-order valence-electron chi connectivity index (χ0n) is 19.0. The van der Waals surface area contributed by atoms with E-state index >= 15 is 0 Å². The highest BCUT2D eigenvalue weighted by Gasteiger charge is 2.41. The number of amides is 2. The lowest BCUT2D eigenvalue weighted by Crippen LogP contribution is -2.55. The molecule has 1 heterocycles.